The largest absolute Gasteiger partial charge is 0.365 e. The van der Waals surface area contributed by atoms with Crippen LogP contribution in [-0.2, 0) is 31.1 Å². The Labute approximate surface area is 180 Å². The molecule has 0 radical (unpaired) electrons. The summed E-state index contributed by atoms with van der Waals surface area (Å²) in [5.74, 6) is 0.390. The number of aromatic nitrogens is 3. The van der Waals surface area contributed by atoms with Crippen LogP contribution in [0.25, 0.3) is 0 Å². The van der Waals surface area contributed by atoms with Crippen molar-refractivity contribution in [2.45, 2.75) is 37.3 Å². The Bertz CT molecular complexity index is 1040. The van der Waals surface area contributed by atoms with Gasteiger partial charge in [0.05, 0.1) is 11.3 Å². The summed E-state index contributed by atoms with van der Waals surface area (Å²) < 4.78 is 1.91. The van der Waals surface area contributed by atoms with Gasteiger partial charge in [-0.2, -0.15) is 0 Å². The van der Waals surface area contributed by atoms with E-state index in [1.807, 2.05) is 23.1 Å². The molecule has 7 nitrogen and oxygen atoms in total. The lowest BCUT2D eigenvalue weighted by Crippen LogP contribution is -2.19. The van der Waals surface area contributed by atoms with Crippen LogP contribution in [-0.4, -0.2) is 32.3 Å². The fourth-order valence-electron chi connectivity index (χ4n) is 3.40. The molecule has 3 aromatic rings. The second-order valence-electron chi connectivity index (χ2n) is 6.83. The molecule has 29 heavy (non-hydrogen) atoms. The number of rotatable bonds is 7. The molecule has 0 saturated carbocycles. The van der Waals surface area contributed by atoms with Crippen molar-refractivity contribution in [2.75, 3.05) is 11.1 Å². The predicted octanol–water partition coefficient (Wildman–Crippen LogP) is 3.24. The number of nitrogens with zero attached hydrogens (tertiary/aromatic N) is 3. The van der Waals surface area contributed by atoms with E-state index in [-0.39, 0.29) is 11.7 Å². The van der Waals surface area contributed by atoms with Crippen molar-refractivity contribution in [1.82, 2.24) is 14.8 Å². The summed E-state index contributed by atoms with van der Waals surface area (Å²) in [7, 11) is 1.90. The van der Waals surface area contributed by atoms with E-state index in [0.717, 1.165) is 43.5 Å². The molecule has 3 N–H and O–H groups in total. The van der Waals surface area contributed by atoms with E-state index in [4.69, 9.17) is 5.73 Å². The number of primary amides is 1. The fourth-order valence-corrected chi connectivity index (χ4v) is 6.14. The lowest BCUT2D eigenvalue weighted by atomic mass is 9.95. The van der Waals surface area contributed by atoms with Gasteiger partial charge in [-0.15, -0.1) is 32.9 Å². The van der Waals surface area contributed by atoms with Crippen molar-refractivity contribution in [3.8, 4) is 0 Å². The third kappa shape index (κ3) is 4.39. The lowest BCUT2D eigenvalue weighted by molar-refractivity contribution is -0.113. The van der Waals surface area contributed by atoms with Gasteiger partial charge < -0.3 is 15.6 Å². The van der Waals surface area contributed by atoms with Crippen LogP contribution in [0.3, 0.4) is 0 Å². The second-order valence-corrected chi connectivity index (χ2v) is 9.91. The van der Waals surface area contributed by atoms with Gasteiger partial charge >= 0.3 is 0 Å². The minimum atomic E-state index is -0.473. The molecule has 0 aliphatic heterocycles. The van der Waals surface area contributed by atoms with Gasteiger partial charge in [0.1, 0.15) is 10.8 Å². The molecule has 10 heteroatoms. The standard InChI is InChI=1S/C19H21N5O2S3/c1-24-14(9-11-5-4-8-27-11)22-23-19(24)28-10-15(25)21-18-16(17(20)26)12-6-2-3-7-13(12)29-18/h4-5,8H,2-3,6-7,9-10H2,1H3,(H2,20,26)(H,21,25). The summed E-state index contributed by atoms with van der Waals surface area (Å²) in [4.78, 5) is 26.8. The number of carbonyl (C=O) groups is 2. The van der Waals surface area contributed by atoms with Crippen LogP contribution >= 0.6 is 34.4 Å². The van der Waals surface area contributed by atoms with Crippen molar-refractivity contribution >= 4 is 51.3 Å². The van der Waals surface area contributed by atoms with E-state index >= 15 is 0 Å². The number of anilines is 1. The number of thiophene rings is 2. The molecule has 152 valence electrons. The Balaban J connectivity index is 1.40. The van der Waals surface area contributed by atoms with Crippen LogP contribution in [0.5, 0.6) is 0 Å². The Morgan fingerprint density at radius 3 is 2.90 bits per heavy atom. The van der Waals surface area contributed by atoms with Crippen molar-refractivity contribution in [3.63, 3.8) is 0 Å². The molecule has 0 atom stereocenters. The van der Waals surface area contributed by atoms with Gasteiger partial charge in [-0.05, 0) is 42.7 Å². The number of aryl methyl sites for hydroxylation is 1. The molecule has 0 saturated heterocycles. The second kappa shape index (κ2) is 8.68. The number of hydrogen-bond donors (Lipinski definition) is 2. The average molecular weight is 448 g/mol. The maximum absolute atomic E-state index is 12.5. The van der Waals surface area contributed by atoms with E-state index in [2.05, 4.69) is 21.6 Å². The van der Waals surface area contributed by atoms with Gasteiger partial charge in [0, 0.05) is 23.2 Å². The van der Waals surface area contributed by atoms with Crippen molar-refractivity contribution in [2.24, 2.45) is 12.8 Å². The third-order valence-electron chi connectivity index (χ3n) is 4.84. The Hall–Kier alpha value is -2.17. The van der Waals surface area contributed by atoms with Gasteiger partial charge in [0.25, 0.3) is 5.91 Å². The van der Waals surface area contributed by atoms with Gasteiger partial charge in [0.2, 0.25) is 5.91 Å². The van der Waals surface area contributed by atoms with Crippen LogP contribution in [0.4, 0.5) is 5.00 Å². The van der Waals surface area contributed by atoms with Crippen LogP contribution in [0, 0.1) is 0 Å². The number of hydrogen-bond acceptors (Lipinski definition) is 7. The zero-order valence-corrected chi connectivity index (χ0v) is 18.4. The van der Waals surface area contributed by atoms with Crippen molar-refractivity contribution in [1.29, 1.82) is 0 Å². The van der Waals surface area contributed by atoms with E-state index in [1.165, 1.54) is 32.9 Å². The smallest absolute Gasteiger partial charge is 0.251 e. The molecular weight excluding hydrogens is 426 g/mol. The lowest BCUT2D eigenvalue weighted by Gasteiger charge is -2.11. The molecule has 0 fully saturated rings. The summed E-state index contributed by atoms with van der Waals surface area (Å²) in [6.07, 6.45) is 4.66. The number of thioether (sulfide) groups is 1. The number of amides is 2. The topological polar surface area (TPSA) is 103 Å². The molecule has 4 rings (SSSR count). The molecule has 3 heterocycles. The van der Waals surface area contributed by atoms with Gasteiger partial charge in [-0.3, -0.25) is 9.59 Å². The van der Waals surface area contributed by atoms with Crippen molar-refractivity contribution < 1.29 is 9.59 Å². The van der Waals surface area contributed by atoms with Gasteiger partial charge in [-0.1, -0.05) is 17.8 Å². The Morgan fingerprint density at radius 2 is 2.14 bits per heavy atom. The highest BCUT2D eigenvalue weighted by atomic mass is 32.2. The van der Waals surface area contributed by atoms with E-state index in [1.54, 1.807) is 11.3 Å². The third-order valence-corrected chi connectivity index (χ3v) is 7.94. The molecular formula is C19H21N5O2S3. The molecule has 2 amide bonds. The van der Waals surface area contributed by atoms with Crippen LogP contribution in [0.15, 0.2) is 22.7 Å². The highest BCUT2D eigenvalue weighted by Crippen LogP contribution is 2.38. The summed E-state index contributed by atoms with van der Waals surface area (Å²) in [6.45, 7) is 0. The number of nitrogens with two attached hydrogens (primary N) is 1. The minimum Gasteiger partial charge on any atom is -0.365 e. The zero-order valence-electron chi connectivity index (χ0n) is 15.9. The van der Waals surface area contributed by atoms with E-state index in [9.17, 15) is 9.59 Å². The van der Waals surface area contributed by atoms with Crippen molar-refractivity contribution in [3.05, 3.63) is 44.2 Å². The van der Waals surface area contributed by atoms with E-state index in [0.29, 0.717) is 15.7 Å². The maximum atomic E-state index is 12.5. The van der Waals surface area contributed by atoms with Crippen LogP contribution < -0.4 is 11.1 Å². The molecule has 0 bridgehead atoms. The molecule has 0 aromatic carbocycles. The number of carbonyl (C=O) groups excluding carboxylic acids is 2. The zero-order chi connectivity index (χ0) is 20.4. The monoisotopic (exact) mass is 447 g/mol. The highest BCUT2D eigenvalue weighted by Gasteiger charge is 2.25. The SMILES string of the molecule is Cn1c(Cc2cccs2)nnc1SCC(=O)Nc1sc2c(c1C(N)=O)CCCC2. The Morgan fingerprint density at radius 1 is 1.31 bits per heavy atom. The molecule has 1 aliphatic rings. The van der Waals surface area contributed by atoms with Gasteiger partial charge in [-0.25, -0.2) is 0 Å². The average Bonchev–Trinajstić information content (AvgIpc) is 3.40. The summed E-state index contributed by atoms with van der Waals surface area (Å²) in [6, 6.07) is 4.08. The highest BCUT2D eigenvalue weighted by molar-refractivity contribution is 7.99. The maximum Gasteiger partial charge on any atom is 0.251 e. The predicted molar refractivity (Wildman–Crippen MR) is 117 cm³/mol. The minimum absolute atomic E-state index is 0.182. The molecule has 3 aromatic heterocycles. The quantitative estimate of drug-likeness (QED) is 0.541. The van der Waals surface area contributed by atoms with Crippen LogP contribution in [0.2, 0.25) is 0 Å². The van der Waals surface area contributed by atoms with Gasteiger partial charge in [0.15, 0.2) is 5.16 Å². The normalized spacial score (nSPS) is 13.3. The number of fused-ring (bicyclic) bond motifs is 1. The summed E-state index contributed by atoms with van der Waals surface area (Å²) in [5.41, 5.74) is 7.10. The fraction of sp³-hybridized carbons (Fsp3) is 0.368. The summed E-state index contributed by atoms with van der Waals surface area (Å²) >= 11 is 4.48. The first kappa shape index (κ1) is 20.1. The first-order valence-electron chi connectivity index (χ1n) is 9.30. The molecule has 0 unspecified atom stereocenters. The molecule has 0 spiro atoms. The first-order valence-corrected chi connectivity index (χ1v) is 12.0. The Kier molecular flexibility index (Phi) is 6.02. The number of nitrogens with one attached hydrogen (secondary N) is 1. The van der Waals surface area contributed by atoms with Crippen LogP contribution in [0.1, 0.15) is 44.3 Å². The summed E-state index contributed by atoms with van der Waals surface area (Å²) in [5, 5.41) is 14.6. The first-order chi connectivity index (χ1) is 14.0. The van der Waals surface area contributed by atoms with E-state index < -0.39 is 5.91 Å². The molecule has 1 aliphatic carbocycles.